The number of hydrogen-bond acceptors (Lipinski definition) is 6. The molecule has 0 saturated heterocycles. The van der Waals surface area contributed by atoms with Crippen LogP contribution in [0.2, 0.25) is 0 Å². The Morgan fingerprint density at radius 2 is 1.45 bits per heavy atom. The average molecular weight is 680 g/mol. The van der Waals surface area contributed by atoms with Crippen LogP contribution in [-0.2, 0) is 0 Å². The van der Waals surface area contributed by atoms with Crippen molar-refractivity contribution in [1.82, 2.24) is 0 Å². The smallest absolute Gasteiger partial charge is 0.337 e. The van der Waals surface area contributed by atoms with Gasteiger partial charge in [-0.2, -0.15) is 0 Å². The lowest BCUT2D eigenvalue weighted by Gasteiger charge is -2.21. The number of phenolic OH excluding ortho intramolecular Hbond substituents is 3. The van der Waals surface area contributed by atoms with Gasteiger partial charge in [-0.1, -0.05) is 0 Å². The third-order valence-corrected chi connectivity index (χ3v) is 9.45. The number of fused-ring (bicyclic) bond motifs is 2. The monoisotopic (exact) mass is 676 g/mol. The Morgan fingerprint density at radius 1 is 0.806 bits per heavy atom. The summed E-state index contributed by atoms with van der Waals surface area (Å²) in [6, 6.07) is 5.18. The first kappa shape index (κ1) is 22.1. The molecule has 0 spiro atoms. The number of aromatic hydroxyl groups is 3. The lowest BCUT2D eigenvalue weighted by molar-refractivity contribution is 0.0696. The Hall–Kier alpha value is -2.08. The van der Waals surface area contributed by atoms with Crippen LogP contribution in [0.15, 0.2) is 51.4 Å². The number of benzene rings is 3. The molecular weight excluding hydrogens is 672 g/mol. The summed E-state index contributed by atoms with van der Waals surface area (Å²) in [5, 5.41) is 40.9. The second-order valence-corrected chi connectivity index (χ2v) is 9.56. The standard InChI is InChI=1S/C20H8Br4O7/c21-12-10(11(20(29)30)13(22)15(24)14(12)23)9-5-1-3-7(25)16(27)18(5)31-19-6(9)2-4-8(26)17(19)28/h1-4,25,27-28H,(H,29,30). The largest absolute Gasteiger partial charge is 0.504 e. The second kappa shape index (κ2) is 7.80. The van der Waals surface area contributed by atoms with Crippen LogP contribution in [0.3, 0.4) is 0 Å². The van der Waals surface area contributed by atoms with Gasteiger partial charge >= 0.3 is 5.97 Å². The van der Waals surface area contributed by atoms with Crippen molar-refractivity contribution in [2.24, 2.45) is 0 Å². The minimum atomic E-state index is -1.26. The van der Waals surface area contributed by atoms with Gasteiger partial charge in [0.2, 0.25) is 16.9 Å². The highest BCUT2D eigenvalue weighted by atomic mass is 79.9. The minimum absolute atomic E-state index is 0.131. The Labute approximate surface area is 206 Å². The van der Waals surface area contributed by atoms with Crippen LogP contribution >= 0.6 is 63.7 Å². The average Bonchev–Trinajstić information content (AvgIpc) is 2.73. The lowest BCUT2D eigenvalue weighted by Crippen LogP contribution is -2.07. The number of halogens is 4. The Balaban J connectivity index is 2.37. The maximum Gasteiger partial charge on any atom is 0.337 e. The highest BCUT2D eigenvalue weighted by Gasteiger charge is 2.31. The molecule has 0 amide bonds. The van der Waals surface area contributed by atoms with Gasteiger partial charge < -0.3 is 24.8 Å². The first-order valence-electron chi connectivity index (χ1n) is 8.29. The number of carbonyl (C=O) groups is 1. The van der Waals surface area contributed by atoms with E-state index in [1.165, 1.54) is 18.2 Å². The van der Waals surface area contributed by atoms with Crippen LogP contribution in [0.5, 0.6) is 17.2 Å². The van der Waals surface area contributed by atoms with Gasteiger partial charge in [-0.05, 0) is 88.0 Å². The van der Waals surface area contributed by atoms with E-state index in [1.807, 2.05) is 0 Å². The van der Waals surface area contributed by atoms with E-state index in [2.05, 4.69) is 63.7 Å². The summed E-state index contributed by atoms with van der Waals surface area (Å²) in [7, 11) is 0. The van der Waals surface area contributed by atoms with Crippen molar-refractivity contribution in [3.63, 3.8) is 0 Å². The number of carboxylic acids is 1. The van der Waals surface area contributed by atoms with Gasteiger partial charge in [0.25, 0.3) is 0 Å². The molecule has 0 aromatic heterocycles. The third kappa shape index (κ3) is 3.25. The van der Waals surface area contributed by atoms with E-state index in [9.17, 15) is 30.0 Å². The third-order valence-electron chi connectivity index (χ3n) is 4.68. The Morgan fingerprint density at radius 3 is 2.10 bits per heavy atom. The summed E-state index contributed by atoms with van der Waals surface area (Å²) in [6.07, 6.45) is 0. The zero-order valence-corrected chi connectivity index (χ0v) is 21.2. The molecule has 0 fully saturated rings. The molecule has 1 aliphatic heterocycles. The van der Waals surface area contributed by atoms with Crippen LogP contribution in [0.25, 0.3) is 33.4 Å². The fraction of sp³-hybridized carbons (Fsp3) is 0. The van der Waals surface area contributed by atoms with Gasteiger partial charge in [0.15, 0.2) is 17.1 Å². The molecule has 0 bridgehead atoms. The van der Waals surface area contributed by atoms with Crippen LogP contribution in [-0.4, -0.2) is 26.4 Å². The fourth-order valence-electron chi connectivity index (χ4n) is 3.30. The zero-order chi connectivity index (χ0) is 22.8. The zero-order valence-electron chi connectivity index (χ0n) is 14.8. The van der Waals surface area contributed by atoms with Gasteiger partial charge in [-0.15, -0.1) is 0 Å². The van der Waals surface area contributed by atoms with Crippen molar-refractivity contribution in [3.8, 4) is 39.7 Å². The number of phenols is 3. The molecule has 0 saturated carbocycles. The van der Waals surface area contributed by atoms with Gasteiger partial charge in [0, 0.05) is 40.0 Å². The molecule has 0 unspecified atom stereocenters. The van der Waals surface area contributed by atoms with E-state index in [0.29, 0.717) is 13.4 Å². The lowest BCUT2D eigenvalue weighted by atomic mass is 9.90. The number of rotatable bonds is 2. The predicted molar refractivity (Wildman–Crippen MR) is 127 cm³/mol. The van der Waals surface area contributed by atoms with Crippen LogP contribution in [0.1, 0.15) is 10.4 Å². The van der Waals surface area contributed by atoms with E-state index in [4.69, 9.17) is 4.42 Å². The highest BCUT2D eigenvalue weighted by molar-refractivity contribution is 9.15. The first-order valence-corrected chi connectivity index (χ1v) is 11.5. The maximum atomic E-state index is 12.2. The molecule has 11 heteroatoms. The van der Waals surface area contributed by atoms with E-state index in [0.717, 1.165) is 6.07 Å². The van der Waals surface area contributed by atoms with Crippen molar-refractivity contribution >= 4 is 80.7 Å². The number of hydrogen-bond donors (Lipinski definition) is 4. The van der Waals surface area contributed by atoms with Gasteiger partial charge in [-0.3, -0.25) is 4.79 Å². The fourth-order valence-corrected chi connectivity index (χ4v) is 5.78. The summed E-state index contributed by atoms with van der Waals surface area (Å²) in [5.41, 5.74) is -0.435. The molecule has 158 valence electrons. The molecule has 31 heavy (non-hydrogen) atoms. The van der Waals surface area contributed by atoms with Crippen molar-refractivity contribution in [2.45, 2.75) is 0 Å². The Bertz CT molecular complexity index is 1460. The quantitative estimate of drug-likeness (QED) is 0.0832. The number of carboxylic acid groups (broad SMARTS) is 1. The van der Waals surface area contributed by atoms with E-state index in [-0.39, 0.29) is 43.5 Å². The summed E-state index contributed by atoms with van der Waals surface area (Å²) < 4.78 is 7.13. The molecule has 4 rings (SSSR count). The SMILES string of the molecule is O=C(O)c1c(Br)c(Br)c(Br)c(Br)c1-c1c2ccc(=O)c(O)c-2oc2c(O)c(O)ccc12. The van der Waals surface area contributed by atoms with E-state index >= 15 is 0 Å². The van der Waals surface area contributed by atoms with Gasteiger partial charge in [-0.25, -0.2) is 4.79 Å². The maximum absolute atomic E-state index is 12.2. The van der Waals surface area contributed by atoms with Crippen LogP contribution < -0.4 is 5.43 Å². The molecule has 1 aliphatic carbocycles. The molecule has 7 nitrogen and oxygen atoms in total. The number of aromatic carboxylic acids is 1. The van der Waals surface area contributed by atoms with E-state index < -0.39 is 28.6 Å². The topological polar surface area (TPSA) is 128 Å². The van der Waals surface area contributed by atoms with E-state index in [1.54, 1.807) is 0 Å². The summed E-state index contributed by atoms with van der Waals surface area (Å²) in [5.74, 6) is -3.36. The Kier molecular flexibility index (Phi) is 5.57. The summed E-state index contributed by atoms with van der Waals surface area (Å²) in [6.45, 7) is 0. The highest BCUT2D eigenvalue weighted by Crippen LogP contribution is 2.53. The molecule has 1 heterocycles. The van der Waals surface area contributed by atoms with Crippen LogP contribution in [0.4, 0.5) is 0 Å². The van der Waals surface area contributed by atoms with Crippen molar-refractivity contribution < 1.29 is 29.6 Å². The molecular formula is C20H8Br4O7. The molecule has 4 N–H and O–H groups in total. The first-order chi connectivity index (χ1) is 14.6. The molecule has 2 aromatic carbocycles. The van der Waals surface area contributed by atoms with Gasteiger partial charge in [0.1, 0.15) is 0 Å². The van der Waals surface area contributed by atoms with Crippen molar-refractivity contribution in [2.75, 3.05) is 0 Å². The minimum Gasteiger partial charge on any atom is -0.504 e. The van der Waals surface area contributed by atoms with Crippen molar-refractivity contribution in [1.29, 1.82) is 0 Å². The summed E-state index contributed by atoms with van der Waals surface area (Å²) in [4.78, 5) is 24.3. The van der Waals surface area contributed by atoms with Crippen molar-refractivity contribution in [3.05, 3.63) is 57.9 Å². The molecule has 2 aliphatic rings. The summed E-state index contributed by atoms with van der Waals surface area (Å²) >= 11 is 13.5. The molecule has 0 atom stereocenters. The molecule has 2 aromatic rings. The second-order valence-electron chi connectivity index (χ2n) is 6.39. The normalized spacial score (nSPS) is 11.4. The van der Waals surface area contributed by atoms with Gasteiger partial charge in [0.05, 0.1) is 5.56 Å². The predicted octanol–water partition coefficient (Wildman–Crippen LogP) is 6.43. The molecule has 0 radical (unpaired) electrons. The van der Waals surface area contributed by atoms with Crippen LogP contribution in [0, 0.1) is 0 Å².